The fraction of sp³-hybridized carbons (Fsp3) is 0.136. The number of anilines is 1. The van der Waals surface area contributed by atoms with Gasteiger partial charge in [0.2, 0.25) is 5.91 Å². The Morgan fingerprint density at radius 3 is 1.86 bits per heavy atom. The molecule has 0 fully saturated rings. The lowest BCUT2D eigenvalue weighted by atomic mass is 10.1. The first-order chi connectivity index (χ1) is 13.6. The van der Waals surface area contributed by atoms with E-state index in [1.54, 1.807) is 12.1 Å². The number of nitrogens with zero attached hydrogens (tertiary/aromatic N) is 2. The second-order valence-corrected chi connectivity index (χ2v) is 6.44. The highest BCUT2D eigenvalue weighted by molar-refractivity contribution is 5.94. The lowest BCUT2D eigenvalue weighted by molar-refractivity contribution is -0.383. The van der Waals surface area contributed by atoms with Gasteiger partial charge in [-0.05, 0) is 17.2 Å². The predicted octanol–water partition coefficient (Wildman–Crippen LogP) is 4.24. The smallest absolute Gasteiger partial charge is 0.292 e. The van der Waals surface area contributed by atoms with E-state index in [1.807, 2.05) is 65.6 Å². The maximum atomic E-state index is 12.6. The number of benzene rings is 3. The maximum Gasteiger partial charge on any atom is 0.292 e. The Balaban J connectivity index is 1.73. The number of nitro benzene ring substituents is 1. The molecule has 3 aromatic rings. The number of hydrogen-bond acceptors (Lipinski definition) is 4. The van der Waals surface area contributed by atoms with Crippen LogP contribution in [-0.4, -0.2) is 22.3 Å². The second kappa shape index (κ2) is 9.43. The SMILES string of the molecule is O=C(CN(Cc1ccccc1)Cc1ccccc1)Nc1ccccc1[N+](=O)[O-]. The average molecular weight is 375 g/mol. The molecule has 0 spiro atoms. The van der Waals surface area contributed by atoms with Gasteiger partial charge in [-0.15, -0.1) is 0 Å². The van der Waals surface area contributed by atoms with Crippen molar-refractivity contribution in [2.75, 3.05) is 11.9 Å². The number of hydrogen-bond donors (Lipinski definition) is 1. The summed E-state index contributed by atoms with van der Waals surface area (Å²) in [6.07, 6.45) is 0. The van der Waals surface area contributed by atoms with E-state index in [-0.39, 0.29) is 23.8 Å². The third kappa shape index (κ3) is 5.49. The summed E-state index contributed by atoms with van der Waals surface area (Å²) < 4.78 is 0. The molecule has 6 heteroatoms. The van der Waals surface area contributed by atoms with Crippen LogP contribution in [0.5, 0.6) is 0 Å². The van der Waals surface area contributed by atoms with Crippen LogP contribution in [-0.2, 0) is 17.9 Å². The van der Waals surface area contributed by atoms with Crippen molar-refractivity contribution in [3.63, 3.8) is 0 Å². The van der Waals surface area contributed by atoms with E-state index in [0.717, 1.165) is 11.1 Å². The number of nitrogens with one attached hydrogen (secondary N) is 1. The van der Waals surface area contributed by atoms with E-state index in [9.17, 15) is 14.9 Å². The molecule has 6 nitrogen and oxygen atoms in total. The topological polar surface area (TPSA) is 75.5 Å². The predicted molar refractivity (Wildman–Crippen MR) is 109 cm³/mol. The molecule has 3 aromatic carbocycles. The third-order valence-corrected chi connectivity index (χ3v) is 4.24. The largest absolute Gasteiger partial charge is 0.319 e. The molecule has 28 heavy (non-hydrogen) atoms. The van der Waals surface area contributed by atoms with Crippen molar-refractivity contribution in [3.05, 3.63) is 106 Å². The lowest BCUT2D eigenvalue weighted by Gasteiger charge is -2.22. The summed E-state index contributed by atoms with van der Waals surface area (Å²) in [7, 11) is 0. The number of amides is 1. The van der Waals surface area contributed by atoms with Crippen molar-refractivity contribution in [3.8, 4) is 0 Å². The third-order valence-electron chi connectivity index (χ3n) is 4.24. The molecule has 0 aromatic heterocycles. The van der Waals surface area contributed by atoms with Gasteiger partial charge in [-0.3, -0.25) is 19.8 Å². The number of carbonyl (C=O) groups excluding carboxylic acids is 1. The highest BCUT2D eigenvalue weighted by Crippen LogP contribution is 2.23. The standard InChI is InChI=1S/C22H21N3O3/c26-22(23-20-13-7-8-14-21(20)25(27)28)17-24(15-18-9-3-1-4-10-18)16-19-11-5-2-6-12-19/h1-14H,15-17H2,(H,23,26). The fourth-order valence-electron chi connectivity index (χ4n) is 2.98. The van der Waals surface area contributed by atoms with Gasteiger partial charge in [-0.25, -0.2) is 0 Å². The molecule has 0 unspecified atom stereocenters. The van der Waals surface area contributed by atoms with E-state index in [1.165, 1.54) is 12.1 Å². The van der Waals surface area contributed by atoms with E-state index in [4.69, 9.17) is 0 Å². The first-order valence-corrected chi connectivity index (χ1v) is 8.95. The zero-order chi connectivity index (χ0) is 19.8. The number of para-hydroxylation sites is 2. The van der Waals surface area contributed by atoms with Crippen molar-refractivity contribution < 1.29 is 9.72 Å². The molecule has 0 saturated heterocycles. The van der Waals surface area contributed by atoms with E-state index in [0.29, 0.717) is 13.1 Å². The molecule has 0 radical (unpaired) electrons. The minimum absolute atomic E-state index is 0.117. The summed E-state index contributed by atoms with van der Waals surface area (Å²) in [5.41, 5.74) is 2.28. The summed E-state index contributed by atoms with van der Waals surface area (Å²) in [5.74, 6) is -0.291. The molecule has 1 N–H and O–H groups in total. The lowest BCUT2D eigenvalue weighted by Crippen LogP contribution is -2.32. The van der Waals surface area contributed by atoms with Crippen LogP contribution in [0.25, 0.3) is 0 Å². The highest BCUT2D eigenvalue weighted by Gasteiger charge is 2.17. The molecule has 1 amide bonds. The Bertz CT molecular complexity index is 889. The normalized spacial score (nSPS) is 10.6. The van der Waals surface area contributed by atoms with Gasteiger partial charge in [0.05, 0.1) is 11.5 Å². The van der Waals surface area contributed by atoms with Gasteiger partial charge >= 0.3 is 0 Å². The molecule has 142 valence electrons. The van der Waals surface area contributed by atoms with Crippen molar-refractivity contribution in [1.82, 2.24) is 4.90 Å². The van der Waals surface area contributed by atoms with Crippen LogP contribution >= 0.6 is 0 Å². The molecule has 3 rings (SSSR count). The summed E-state index contributed by atoms with van der Waals surface area (Å²) >= 11 is 0. The Morgan fingerprint density at radius 1 is 0.821 bits per heavy atom. The monoisotopic (exact) mass is 375 g/mol. The van der Waals surface area contributed by atoms with Crippen molar-refractivity contribution >= 4 is 17.3 Å². The van der Waals surface area contributed by atoms with Gasteiger partial charge in [0.25, 0.3) is 5.69 Å². The molecule has 0 aliphatic rings. The quantitative estimate of drug-likeness (QED) is 0.472. The van der Waals surface area contributed by atoms with Crippen LogP contribution in [0.1, 0.15) is 11.1 Å². The van der Waals surface area contributed by atoms with Crippen LogP contribution < -0.4 is 5.32 Å². The summed E-state index contributed by atoms with van der Waals surface area (Å²) in [6.45, 7) is 1.32. The minimum atomic E-state index is -0.499. The zero-order valence-corrected chi connectivity index (χ0v) is 15.3. The van der Waals surface area contributed by atoms with E-state index >= 15 is 0 Å². The van der Waals surface area contributed by atoms with Gasteiger partial charge in [0, 0.05) is 19.2 Å². The van der Waals surface area contributed by atoms with Crippen LogP contribution in [0.4, 0.5) is 11.4 Å². The molecule has 0 aliphatic carbocycles. The molecule has 0 bridgehead atoms. The summed E-state index contributed by atoms with van der Waals surface area (Å²) in [4.78, 5) is 25.3. The Labute approximate surface area is 163 Å². The minimum Gasteiger partial charge on any atom is -0.319 e. The molecule has 0 saturated carbocycles. The Kier molecular flexibility index (Phi) is 6.49. The summed E-state index contributed by atoms with van der Waals surface area (Å²) in [5, 5.41) is 13.8. The zero-order valence-electron chi connectivity index (χ0n) is 15.3. The highest BCUT2D eigenvalue weighted by atomic mass is 16.6. The molecule has 0 heterocycles. The molecular weight excluding hydrogens is 354 g/mol. The van der Waals surface area contributed by atoms with Gasteiger partial charge in [-0.2, -0.15) is 0 Å². The van der Waals surface area contributed by atoms with Crippen molar-refractivity contribution in [2.45, 2.75) is 13.1 Å². The number of nitro groups is 1. The van der Waals surface area contributed by atoms with Crippen LogP contribution in [0.15, 0.2) is 84.9 Å². The molecular formula is C22H21N3O3. The van der Waals surface area contributed by atoms with Crippen LogP contribution in [0, 0.1) is 10.1 Å². The van der Waals surface area contributed by atoms with Gasteiger partial charge in [0.15, 0.2) is 0 Å². The fourth-order valence-corrected chi connectivity index (χ4v) is 2.98. The van der Waals surface area contributed by atoms with E-state index < -0.39 is 4.92 Å². The van der Waals surface area contributed by atoms with Crippen LogP contribution in [0.2, 0.25) is 0 Å². The first-order valence-electron chi connectivity index (χ1n) is 8.95. The van der Waals surface area contributed by atoms with Gasteiger partial charge in [0.1, 0.15) is 5.69 Å². The number of rotatable bonds is 8. The first kappa shape index (κ1) is 19.3. The van der Waals surface area contributed by atoms with E-state index in [2.05, 4.69) is 5.32 Å². The summed E-state index contributed by atoms with van der Waals surface area (Å²) in [6, 6.07) is 25.9. The van der Waals surface area contributed by atoms with Crippen molar-refractivity contribution in [2.24, 2.45) is 0 Å². The van der Waals surface area contributed by atoms with Gasteiger partial charge in [-0.1, -0.05) is 72.8 Å². The average Bonchev–Trinajstić information content (AvgIpc) is 2.69. The molecule has 0 aliphatic heterocycles. The Morgan fingerprint density at radius 2 is 1.32 bits per heavy atom. The molecule has 0 atom stereocenters. The van der Waals surface area contributed by atoms with Crippen LogP contribution in [0.3, 0.4) is 0 Å². The second-order valence-electron chi connectivity index (χ2n) is 6.44. The number of carbonyl (C=O) groups is 1. The Hall–Kier alpha value is -3.51. The maximum absolute atomic E-state index is 12.6. The van der Waals surface area contributed by atoms with Gasteiger partial charge < -0.3 is 5.32 Å². The van der Waals surface area contributed by atoms with Crippen molar-refractivity contribution in [1.29, 1.82) is 0 Å².